The molecule has 1 fully saturated rings. The number of hydrogen-bond donors (Lipinski definition) is 1. The van der Waals surface area contributed by atoms with E-state index in [9.17, 15) is 13.2 Å². The van der Waals surface area contributed by atoms with Gasteiger partial charge in [0.25, 0.3) is 0 Å². The molecule has 6 nitrogen and oxygen atoms in total. The molecule has 0 radical (unpaired) electrons. The van der Waals surface area contributed by atoms with Crippen LogP contribution in [0.25, 0.3) is 0 Å². The fourth-order valence-corrected chi connectivity index (χ4v) is 3.57. The summed E-state index contributed by atoms with van der Waals surface area (Å²) in [5, 5.41) is 2.81. The molecule has 0 unspecified atom stereocenters. The van der Waals surface area contributed by atoms with Gasteiger partial charge in [0.05, 0.1) is 11.9 Å². The van der Waals surface area contributed by atoms with E-state index in [1.165, 1.54) is 12.8 Å². The van der Waals surface area contributed by atoms with Crippen molar-refractivity contribution in [2.24, 2.45) is 0 Å². The summed E-state index contributed by atoms with van der Waals surface area (Å²) >= 11 is 0. The summed E-state index contributed by atoms with van der Waals surface area (Å²) in [4.78, 5) is 14.4. The van der Waals surface area contributed by atoms with Crippen LogP contribution in [0.5, 0.6) is 0 Å². The normalized spacial score (nSPS) is 15.5. The molecule has 0 bridgehead atoms. The molecule has 23 heavy (non-hydrogen) atoms. The van der Waals surface area contributed by atoms with E-state index >= 15 is 0 Å². The first-order valence-electron chi connectivity index (χ1n) is 7.98. The molecule has 1 aromatic rings. The Morgan fingerprint density at radius 3 is 2.48 bits per heavy atom. The highest BCUT2D eigenvalue weighted by Crippen LogP contribution is 2.16. The van der Waals surface area contributed by atoms with Crippen molar-refractivity contribution in [3.8, 4) is 0 Å². The number of rotatable bonds is 8. The van der Waals surface area contributed by atoms with E-state index in [-0.39, 0.29) is 12.5 Å². The Morgan fingerprint density at radius 2 is 1.87 bits per heavy atom. The summed E-state index contributed by atoms with van der Waals surface area (Å²) in [6.07, 6.45) is 4.51. The molecule has 1 saturated heterocycles. The summed E-state index contributed by atoms with van der Waals surface area (Å²) in [7, 11) is -3.49. The first-order valence-corrected chi connectivity index (χ1v) is 9.83. The number of carbonyl (C=O) groups is 1. The zero-order valence-electron chi connectivity index (χ0n) is 13.6. The molecule has 1 amide bonds. The minimum Gasteiger partial charge on any atom is -0.354 e. The van der Waals surface area contributed by atoms with E-state index in [2.05, 4.69) is 10.2 Å². The average Bonchev–Trinajstić information content (AvgIpc) is 3.02. The summed E-state index contributed by atoms with van der Waals surface area (Å²) < 4.78 is 24.9. The van der Waals surface area contributed by atoms with Crippen LogP contribution < -0.4 is 9.62 Å². The lowest BCUT2D eigenvalue weighted by molar-refractivity contribution is -0.119. The van der Waals surface area contributed by atoms with Gasteiger partial charge in [-0.15, -0.1) is 0 Å². The number of nitrogens with zero attached hydrogens (tertiary/aromatic N) is 2. The van der Waals surface area contributed by atoms with Crippen LogP contribution in [0.2, 0.25) is 0 Å². The van der Waals surface area contributed by atoms with Crippen molar-refractivity contribution in [3.05, 3.63) is 30.3 Å². The number of benzene rings is 1. The van der Waals surface area contributed by atoms with E-state index < -0.39 is 10.0 Å². The SMILES string of the molecule is CS(=O)(=O)N(CC(=O)NCCCN1CCCC1)c1ccccc1. The second-order valence-electron chi connectivity index (χ2n) is 5.86. The Balaban J connectivity index is 1.81. The van der Waals surface area contributed by atoms with Crippen molar-refractivity contribution in [1.29, 1.82) is 0 Å². The minimum atomic E-state index is -3.49. The third kappa shape index (κ3) is 5.84. The average molecular weight is 339 g/mol. The van der Waals surface area contributed by atoms with Crippen LogP contribution in [0.3, 0.4) is 0 Å². The number of likely N-dealkylation sites (tertiary alicyclic amines) is 1. The van der Waals surface area contributed by atoms with Crippen LogP contribution in [-0.4, -0.2) is 58.2 Å². The van der Waals surface area contributed by atoms with Crippen molar-refractivity contribution >= 4 is 21.6 Å². The molecule has 0 aromatic heterocycles. The summed E-state index contributed by atoms with van der Waals surface area (Å²) in [6, 6.07) is 8.68. The molecule has 0 atom stereocenters. The van der Waals surface area contributed by atoms with Gasteiger partial charge in [0, 0.05) is 6.54 Å². The Morgan fingerprint density at radius 1 is 1.22 bits per heavy atom. The maximum Gasteiger partial charge on any atom is 0.240 e. The largest absolute Gasteiger partial charge is 0.354 e. The number of carbonyl (C=O) groups excluding carboxylic acids is 1. The van der Waals surface area contributed by atoms with Gasteiger partial charge in [-0.05, 0) is 51.0 Å². The lowest BCUT2D eigenvalue weighted by atomic mass is 10.3. The molecule has 128 valence electrons. The van der Waals surface area contributed by atoms with Crippen molar-refractivity contribution in [2.75, 3.05) is 43.3 Å². The smallest absolute Gasteiger partial charge is 0.240 e. The lowest BCUT2D eigenvalue weighted by Gasteiger charge is -2.22. The molecule has 1 aliphatic rings. The van der Waals surface area contributed by atoms with Crippen LogP contribution in [-0.2, 0) is 14.8 Å². The minimum absolute atomic E-state index is 0.188. The third-order valence-electron chi connectivity index (χ3n) is 3.90. The van der Waals surface area contributed by atoms with Crippen molar-refractivity contribution in [1.82, 2.24) is 10.2 Å². The van der Waals surface area contributed by atoms with Crippen molar-refractivity contribution < 1.29 is 13.2 Å². The molecule has 0 saturated carbocycles. The van der Waals surface area contributed by atoms with Gasteiger partial charge >= 0.3 is 0 Å². The van der Waals surface area contributed by atoms with E-state index in [1.807, 2.05) is 6.07 Å². The van der Waals surface area contributed by atoms with Gasteiger partial charge < -0.3 is 10.2 Å². The van der Waals surface area contributed by atoms with Gasteiger partial charge in [-0.1, -0.05) is 18.2 Å². The van der Waals surface area contributed by atoms with Crippen LogP contribution in [0.4, 0.5) is 5.69 Å². The number of para-hydroxylation sites is 1. The number of hydrogen-bond acceptors (Lipinski definition) is 4. The fourth-order valence-electron chi connectivity index (χ4n) is 2.72. The molecular formula is C16H25N3O3S. The Hall–Kier alpha value is -1.60. The molecule has 2 rings (SSSR count). The Kier molecular flexibility index (Phi) is 6.41. The van der Waals surface area contributed by atoms with E-state index in [0.29, 0.717) is 12.2 Å². The highest BCUT2D eigenvalue weighted by molar-refractivity contribution is 7.92. The van der Waals surface area contributed by atoms with Gasteiger partial charge in [0.1, 0.15) is 6.54 Å². The first kappa shape index (κ1) is 17.7. The van der Waals surface area contributed by atoms with Gasteiger partial charge in [-0.2, -0.15) is 0 Å². The van der Waals surface area contributed by atoms with Crippen LogP contribution in [0, 0.1) is 0 Å². The summed E-state index contributed by atoms with van der Waals surface area (Å²) in [5.74, 6) is -0.277. The van der Waals surface area contributed by atoms with Crippen LogP contribution >= 0.6 is 0 Å². The molecular weight excluding hydrogens is 314 g/mol. The monoisotopic (exact) mass is 339 g/mol. The molecule has 0 aliphatic carbocycles. The van der Waals surface area contributed by atoms with Crippen molar-refractivity contribution in [3.63, 3.8) is 0 Å². The van der Waals surface area contributed by atoms with Crippen molar-refractivity contribution in [2.45, 2.75) is 19.3 Å². The van der Waals surface area contributed by atoms with Gasteiger partial charge in [0.2, 0.25) is 15.9 Å². The maximum absolute atomic E-state index is 12.0. The predicted molar refractivity (Wildman–Crippen MR) is 91.9 cm³/mol. The lowest BCUT2D eigenvalue weighted by Crippen LogP contribution is -2.41. The molecule has 7 heteroatoms. The zero-order chi connectivity index (χ0) is 16.7. The van der Waals surface area contributed by atoms with E-state index in [0.717, 1.165) is 36.6 Å². The van der Waals surface area contributed by atoms with Crippen LogP contribution in [0.15, 0.2) is 30.3 Å². The topological polar surface area (TPSA) is 69.7 Å². The summed E-state index contributed by atoms with van der Waals surface area (Å²) in [6.45, 7) is 3.65. The first-order chi connectivity index (χ1) is 11.0. The number of anilines is 1. The molecule has 1 N–H and O–H groups in total. The van der Waals surface area contributed by atoms with Gasteiger partial charge in [-0.25, -0.2) is 8.42 Å². The maximum atomic E-state index is 12.0. The Labute approximate surface area is 138 Å². The highest BCUT2D eigenvalue weighted by atomic mass is 32.2. The fraction of sp³-hybridized carbons (Fsp3) is 0.562. The number of sulfonamides is 1. The predicted octanol–water partition coefficient (Wildman–Crippen LogP) is 1.05. The standard InChI is InChI=1S/C16H25N3O3S/c1-23(21,22)19(15-8-3-2-4-9-15)14-16(20)17-10-7-13-18-11-5-6-12-18/h2-4,8-9H,5-7,10-14H2,1H3,(H,17,20). The third-order valence-corrected chi connectivity index (χ3v) is 5.04. The van der Waals surface area contributed by atoms with E-state index in [4.69, 9.17) is 0 Å². The molecule has 1 aliphatic heterocycles. The second kappa shape index (κ2) is 8.31. The number of amides is 1. The molecule has 1 aromatic carbocycles. The zero-order valence-corrected chi connectivity index (χ0v) is 14.4. The Bertz CT molecular complexity index is 598. The van der Waals surface area contributed by atoms with Crippen LogP contribution in [0.1, 0.15) is 19.3 Å². The van der Waals surface area contributed by atoms with Gasteiger partial charge in [-0.3, -0.25) is 9.10 Å². The molecule has 0 spiro atoms. The summed E-state index contributed by atoms with van der Waals surface area (Å²) in [5.41, 5.74) is 0.502. The highest BCUT2D eigenvalue weighted by Gasteiger charge is 2.20. The van der Waals surface area contributed by atoms with Gasteiger partial charge in [0.15, 0.2) is 0 Å². The molecule has 1 heterocycles. The number of nitrogens with one attached hydrogen (secondary N) is 1. The van der Waals surface area contributed by atoms with E-state index in [1.54, 1.807) is 24.3 Å². The second-order valence-corrected chi connectivity index (χ2v) is 7.76. The quantitative estimate of drug-likeness (QED) is 0.719.